The summed E-state index contributed by atoms with van der Waals surface area (Å²) in [5, 5.41) is 3.22. The van der Waals surface area contributed by atoms with Crippen LogP contribution in [-0.2, 0) is 9.59 Å². The van der Waals surface area contributed by atoms with Crippen LogP contribution in [0.1, 0.15) is 19.8 Å². The van der Waals surface area contributed by atoms with E-state index in [0.717, 1.165) is 39.0 Å². The lowest BCUT2D eigenvalue weighted by Crippen LogP contribution is -2.53. The Balaban J connectivity index is 2.03. The fourth-order valence-electron chi connectivity index (χ4n) is 2.54. The zero-order chi connectivity index (χ0) is 13.0. The average molecular weight is 249 g/mol. The van der Waals surface area contributed by atoms with Crippen LogP contribution in [0, 0.1) is 11.8 Å². The van der Waals surface area contributed by atoms with Gasteiger partial charge in [0.25, 0.3) is 5.91 Å². The molecule has 5 nitrogen and oxygen atoms in total. The van der Waals surface area contributed by atoms with Crippen molar-refractivity contribution in [1.29, 1.82) is 0 Å². The molecule has 0 spiro atoms. The molecule has 18 heavy (non-hydrogen) atoms. The second kappa shape index (κ2) is 5.87. The predicted octanol–water partition coefficient (Wildman–Crippen LogP) is -0.567. The van der Waals surface area contributed by atoms with E-state index >= 15 is 0 Å². The van der Waals surface area contributed by atoms with Crippen molar-refractivity contribution in [3.05, 3.63) is 0 Å². The molecule has 1 N–H and O–H groups in total. The molecule has 2 amide bonds. The summed E-state index contributed by atoms with van der Waals surface area (Å²) in [5.74, 6) is 5.00. The first-order chi connectivity index (χ1) is 8.74. The maximum atomic E-state index is 12.4. The standard InChI is InChI=1S/C13H19N3O2/c1-2-4-12(17)16-8-3-5-11(16)13(18)15-9-6-14-7-10-15/h11,14H,3,5-10H2,1H3. The van der Waals surface area contributed by atoms with E-state index in [-0.39, 0.29) is 17.9 Å². The minimum absolute atomic E-state index is 0.0836. The Morgan fingerprint density at radius 1 is 1.22 bits per heavy atom. The molecule has 2 rings (SSSR count). The quantitative estimate of drug-likeness (QED) is 0.633. The molecule has 0 aliphatic carbocycles. The Kier molecular flexibility index (Phi) is 4.21. The normalized spacial score (nSPS) is 23.5. The number of nitrogens with zero attached hydrogens (tertiary/aromatic N) is 2. The summed E-state index contributed by atoms with van der Waals surface area (Å²) >= 11 is 0. The van der Waals surface area contributed by atoms with Gasteiger partial charge in [-0.1, -0.05) is 5.92 Å². The highest BCUT2D eigenvalue weighted by molar-refractivity contribution is 5.97. The van der Waals surface area contributed by atoms with E-state index < -0.39 is 0 Å². The lowest BCUT2D eigenvalue weighted by Gasteiger charge is -2.32. The molecule has 1 atom stereocenters. The molecule has 0 aromatic carbocycles. The number of nitrogens with one attached hydrogen (secondary N) is 1. The molecule has 0 radical (unpaired) electrons. The van der Waals surface area contributed by atoms with Crippen molar-refractivity contribution in [2.45, 2.75) is 25.8 Å². The lowest BCUT2D eigenvalue weighted by atomic mass is 10.1. The summed E-state index contributed by atoms with van der Waals surface area (Å²) in [7, 11) is 0. The van der Waals surface area contributed by atoms with E-state index in [1.807, 2.05) is 4.90 Å². The number of hydrogen-bond donors (Lipinski definition) is 1. The second-order valence-electron chi connectivity index (χ2n) is 4.61. The van der Waals surface area contributed by atoms with Crippen LogP contribution in [0.2, 0.25) is 0 Å². The van der Waals surface area contributed by atoms with Crippen molar-refractivity contribution >= 4 is 11.8 Å². The molecule has 2 saturated heterocycles. The minimum atomic E-state index is -0.295. The van der Waals surface area contributed by atoms with Gasteiger partial charge in [-0.25, -0.2) is 0 Å². The Bertz CT molecular complexity index is 391. The fourth-order valence-corrected chi connectivity index (χ4v) is 2.54. The van der Waals surface area contributed by atoms with Gasteiger partial charge in [0.05, 0.1) is 0 Å². The number of carbonyl (C=O) groups excluding carboxylic acids is 2. The third kappa shape index (κ3) is 2.65. The lowest BCUT2D eigenvalue weighted by molar-refractivity contribution is -0.141. The molecule has 98 valence electrons. The van der Waals surface area contributed by atoms with Crippen LogP contribution in [-0.4, -0.2) is 60.4 Å². The highest BCUT2D eigenvalue weighted by Gasteiger charge is 2.36. The first-order valence-electron chi connectivity index (χ1n) is 6.47. The van der Waals surface area contributed by atoms with Crippen LogP contribution in [0.15, 0.2) is 0 Å². The van der Waals surface area contributed by atoms with Crippen LogP contribution >= 0.6 is 0 Å². The zero-order valence-electron chi connectivity index (χ0n) is 10.7. The smallest absolute Gasteiger partial charge is 0.299 e. The Morgan fingerprint density at radius 2 is 1.94 bits per heavy atom. The molecule has 2 heterocycles. The van der Waals surface area contributed by atoms with Gasteiger partial charge in [0, 0.05) is 32.7 Å². The summed E-state index contributed by atoms with van der Waals surface area (Å²) < 4.78 is 0. The van der Waals surface area contributed by atoms with Crippen LogP contribution in [0.5, 0.6) is 0 Å². The van der Waals surface area contributed by atoms with Crippen molar-refractivity contribution in [2.24, 2.45) is 0 Å². The molecule has 0 aromatic heterocycles. The number of likely N-dealkylation sites (tertiary alicyclic amines) is 1. The molecule has 2 aliphatic rings. The Hall–Kier alpha value is -1.54. The van der Waals surface area contributed by atoms with Gasteiger partial charge in [-0.05, 0) is 25.7 Å². The van der Waals surface area contributed by atoms with Crippen molar-refractivity contribution in [2.75, 3.05) is 32.7 Å². The molecule has 0 aromatic rings. The van der Waals surface area contributed by atoms with E-state index in [4.69, 9.17) is 0 Å². The van der Waals surface area contributed by atoms with Crippen LogP contribution in [0.25, 0.3) is 0 Å². The molecule has 0 saturated carbocycles. The SMILES string of the molecule is CC#CC(=O)N1CCCC1C(=O)N1CCNCC1. The van der Waals surface area contributed by atoms with E-state index in [0.29, 0.717) is 6.54 Å². The predicted molar refractivity (Wildman–Crippen MR) is 67.6 cm³/mol. The molecular formula is C13H19N3O2. The highest BCUT2D eigenvalue weighted by atomic mass is 16.2. The molecular weight excluding hydrogens is 230 g/mol. The number of carbonyl (C=O) groups is 2. The Morgan fingerprint density at radius 3 is 2.61 bits per heavy atom. The number of amides is 2. The van der Waals surface area contributed by atoms with E-state index in [1.165, 1.54) is 0 Å². The van der Waals surface area contributed by atoms with Crippen molar-refractivity contribution < 1.29 is 9.59 Å². The van der Waals surface area contributed by atoms with E-state index in [1.54, 1.807) is 11.8 Å². The molecule has 2 aliphatic heterocycles. The summed E-state index contributed by atoms with van der Waals surface area (Å²) in [6, 6.07) is -0.295. The van der Waals surface area contributed by atoms with Gasteiger partial charge in [-0.3, -0.25) is 9.59 Å². The third-order valence-corrected chi connectivity index (χ3v) is 3.46. The molecule has 5 heteroatoms. The average Bonchev–Trinajstić information content (AvgIpc) is 2.88. The van der Waals surface area contributed by atoms with Gasteiger partial charge in [-0.15, -0.1) is 0 Å². The summed E-state index contributed by atoms with van der Waals surface area (Å²) in [6.07, 6.45) is 1.65. The Labute approximate surface area is 107 Å². The molecule has 2 fully saturated rings. The second-order valence-corrected chi connectivity index (χ2v) is 4.61. The van der Waals surface area contributed by atoms with Crippen molar-refractivity contribution in [3.8, 4) is 11.8 Å². The van der Waals surface area contributed by atoms with Crippen molar-refractivity contribution in [3.63, 3.8) is 0 Å². The third-order valence-electron chi connectivity index (χ3n) is 3.46. The monoisotopic (exact) mass is 249 g/mol. The van der Waals surface area contributed by atoms with Crippen LogP contribution in [0.3, 0.4) is 0 Å². The van der Waals surface area contributed by atoms with Crippen LogP contribution < -0.4 is 5.32 Å². The largest absolute Gasteiger partial charge is 0.338 e. The van der Waals surface area contributed by atoms with Gasteiger partial charge in [0.1, 0.15) is 6.04 Å². The summed E-state index contributed by atoms with van der Waals surface area (Å²) in [6.45, 7) is 5.42. The first-order valence-corrected chi connectivity index (χ1v) is 6.47. The topological polar surface area (TPSA) is 52.7 Å². The van der Waals surface area contributed by atoms with E-state index in [9.17, 15) is 9.59 Å². The number of piperazine rings is 1. The highest BCUT2D eigenvalue weighted by Crippen LogP contribution is 2.19. The van der Waals surface area contributed by atoms with Gasteiger partial charge in [0.2, 0.25) is 5.91 Å². The van der Waals surface area contributed by atoms with Crippen molar-refractivity contribution in [1.82, 2.24) is 15.1 Å². The molecule has 0 bridgehead atoms. The van der Waals surface area contributed by atoms with E-state index in [2.05, 4.69) is 17.2 Å². The minimum Gasteiger partial charge on any atom is -0.338 e. The number of rotatable bonds is 1. The van der Waals surface area contributed by atoms with Gasteiger partial charge < -0.3 is 15.1 Å². The maximum Gasteiger partial charge on any atom is 0.299 e. The summed E-state index contributed by atoms with van der Waals surface area (Å²) in [5.41, 5.74) is 0. The zero-order valence-corrected chi connectivity index (χ0v) is 10.7. The van der Waals surface area contributed by atoms with Gasteiger partial charge in [0.15, 0.2) is 0 Å². The van der Waals surface area contributed by atoms with Crippen LogP contribution in [0.4, 0.5) is 0 Å². The maximum absolute atomic E-state index is 12.4. The van der Waals surface area contributed by atoms with Gasteiger partial charge in [-0.2, -0.15) is 0 Å². The number of hydrogen-bond acceptors (Lipinski definition) is 3. The first kappa shape index (κ1) is 12.9. The van der Waals surface area contributed by atoms with Gasteiger partial charge >= 0.3 is 0 Å². The summed E-state index contributed by atoms with van der Waals surface area (Å²) in [4.78, 5) is 27.7. The molecule has 1 unspecified atom stereocenters. The fraction of sp³-hybridized carbons (Fsp3) is 0.692.